The van der Waals surface area contributed by atoms with Crippen molar-refractivity contribution < 1.29 is 14.3 Å². The van der Waals surface area contributed by atoms with E-state index in [1.807, 2.05) is 19.1 Å². The third-order valence-electron chi connectivity index (χ3n) is 1.99. The Morgan fingerprint density at radius 2 is 1.80 bits per heavy atom. The lowest BCUT2D eigenvalue weighted by Gasteiger charge is -2.07. The van der Waals surface area contributed by atoms with Crippen molar-refractivity contribution in [2.45, 2.75) is 12.3 Å². The summed E-state index contributed by atoms with van der Waals surface area (Å²) in [7, 11) is 1.15. The number of ketones is 1. The van der Waals surface area contributed by atoms with Gasteiger partial charge < -0.3 is 4.74 Å². The Balaban J connectivity index is 2.85. The molecule has 0 N–H and O–H groups in total. The molecule has 0 heterocycles. The van der Waals surface area contributed by atoms with Crippen LogP contribution in [0.5, 0.6) is 0 Å². The van der Waals surface area contributed by atoms with Gasteiger partial charge in [-0.05, 0) is 12.5 Å². The van der Waals surface area contributed by atoms with Crippen LogP contribution in [0.4, 0.5) is 0 Å². The molecule has 4 heteroatoms. The van der Waals surface area contributed by atoms with Crippen molar-refractivity contribution in [3.05, 3.63) is 35.4 Å². The summed E-state index contributed by atoms with van der Waals surface area (Å²) in [6, 6.07) is 7.09. The van der Waals surface area contributed by atoms with Crippen LogP contribution >= 0.6 is 11.6 Å². The predicted molar refractivity (Wildman–Crippen MR) is 56.8 cm³/mol. The van der Waals surface area contributed by atoms with Gasteiger partial charge in [-0.3, -0.25) is 4.79 Å². The van der Waals surface area contributed by atoms with Gasteiger partial charge in [0.25, 0.3) is 5.78 Å². The highest BCUT2D eigenvalue weighted by Crippen LogP contribution is 2.22. The quantitative estimate of drug-likeness (QED) is 0.450. The largest absolute Gasteiger partial charge is 0.463 e. The maximum absolute atomic E-state index is 11.4. The molecule has 1 aromatic rings. The van der Waals surface area contributed by atoms with Gasteiger partial charge in [-0.1, -0.05) is 29.8 Å². The van der Waals surface area contributed by atoms with Gasteiger partial charge in [0.05, 0.1) is 7.11 Å². The van der Waals surface area contributed by atoms with Crippen molar-refractivity contribution in [1.29, 1.82) is 0 Å². The van der Waals surface area contributed by atoms with Crippen molar-refractivity contribution in [3.63, 3.8) is 0 Å². The van der Waals surface area contributed by atoms with Crippen LogP contribution in [0.25, 0.3) is 0 Å². The van der Waals surface area contributed by atoms with Crippen molar-refractivity contribution >= 4 is 23.4 Å². The van der Waals surface area contributed by atoms with Crippen LogP contribution in [-0.4, -0.2) is 18.9 Å². The van der Waals surface area contributed by atoms with E-state index in [4.69, 9.17) is 11.6 Å². The van der Waals surface area contributed by atoms with E-state index in [1.54, 1.807) is 12.1 Å². The van der Waals surface area contributed by atoms with Crippen molar-refractivity contribution in [2.75, 3.05) is 7.11 Å². The Hall–Kier alpha value is -1.35. The normalized spacial score (nSPS) is 11.9. The molecule has 1 unspecified atom stereocenters. The monoisotopic (exact) mass is 226 g/mol. The molecule has 80 valence electrons. The molecule has 1 atom stereocenters. The molecule has 0 amide bonds. The summed E-state index contributed by atoms with van der Waals surface area (Å²) in [5, 5.41) is -0.974. The van der Waals surface area contributed by atoms with E-state index < -0.39 is 17.1 Å². The van der Waals surface area contributed by atoms with E-state index in [1.165, 1.54) is 0 Å². The molecule has 0 aromatic heterocycles. The van der Waals surface area contributed by atoms with Gasteiger partial charge in [0.2, 0.25) is 0 Å². The standard InChI is InChI=1S/C11H11ClO3/c1-7-3-5-8(6-4-7)9(12)10(13)11(14)15-2/h3-6,9H,1-2H3. The van der Waals surface area contributed by atoms with Crippen LogP contribution in [0.1, 0.15) is 16.5 Å². The number of esters is 1. The fourth-order valence-corrected chi connectivity index (χ4v) is 1.33. The lowest BCUT2D eigenvalue weighted by Crippen LogP contribution is -2.20. The van der Waals surface area contributed by atoms with Crippen molar-refractivity contribution in [1.82, 2.24) is 0 Å². The maximum atomic E-state index is 11.4. The van der Waals surface area contributed by atoms with Gasteiger partial charge >= 0.3 is 5.97 Å². The first-order chi connectivity index (χ1) is 7.06. The number of benzene rings is 1. The summed E-state index contributed by atoms with van der Waals surface area (Å²) < 4.78 is 4.31. The summed E-state index contributed by atoms with van der Waals surface area (Å²) in [6.07, 6.45) is 0. The zero-order valence-electron chi connectivity index (χ0n) is 8.49. The Morgan fingerprint density at radius 1 is 1.27 bits per heavy atom. The van der Waals surface area contributed by atoms with Crippen LogP contribution in [0.2, 0.25) is 0 Å². The third kappa shape index (κ3) is 2.80. The van der Waals surface area contributed by atoms with E-state index in [-0.39, 0.29) is 0 Å². The minimum absolute atomic E-state index is 0.595. The molecule has 0 aliphatic carbocycles. The minimum Gasteiger partial charge on any atom is -0.463 e. The Morgan fingerprint density at radius 3 is 2.27 bits per heavy atom. The number of Topliss-reactive ketones (excluding diaryl/α,β-unsaturated/α-hetero) is 1. The number of methoxy groups -OCH3 is 1. The van der Waals surface area contributed by atoms with Gasteiger partial charge in [-0.25, -0.2) is 4.79 Å². The van der Waals surface area contributed by atoms with Crippen molar-refractivity contribution in [2.24, 2.45) is 0 Å². The fraction of sp³-hybridized carbons (Fsp3) is 0.273. The van der Waals surface area contributed by atoms with E-state index in [2.05, 4.69) is 4.74 Å². The summed E-state index contributed by atoms with van der Waals surface area (Å²) in [5.74, 6) is -1.67. The number of hydrogen-bond acceptors (Lipinski definition) is 3. The van der Waals surface area contributed by atoms with Gasteiger partial charge in [0, 0.05) is 0 Å². The smallest absolute Gasteiger partial charge is 0.376 e. The molecule has 15 heavy (non-hydrogen) atoms. The van der Waals surface area contributed by atoms with Crippen LogP contribution in [0.3, 0.4) is 0 Å². The number of hydrogen-bond donors (Lipinski definition) is 0. The average Bonchev–Trinajstić information content (AvgIpc) is 2.27. The molecule has 0 bridgehead atoms. The lowest BCUT2D eigenvalue weighted by molar-refractivity contribution is -0.151. The molecule has 0 radical (unpaired) electrons. The zero-order valence-corrected chi connectivity index (χ0v) is 9.25. The van der Waals surface area contributed by atoms with Gasteiger partial charge in [-0.2, -0.15) is 0 Å². The Bertz CT molecular complexity index is 370. The Kier molecular flexibility index (Phi) is 3.86. The lowest BCUT2D eigenvalue weighted by atomic mass is 10.1. The summed E-state index contributed by atoms with van der Waals surface area (Å²) >= 11 is 5.83. The molecule has 0 aliphatic heterocycles. The zero-order chi connectivity index (χ0) is 11.4. The molecule has 0 spiro atoms. The van der Waals surface area contributed by atoms with E-state index in [0.29, 0.717) is 5.56 Å². The molecular formula is C11H11ClO3. The number of halogens is 1. The highest BCUT2D eigenvalue weighted by Gasteiger charge is 2.25. The molecule has 0 saturated carbocycles. The molecular weight excluding hydrogens is 216 g/mol. The molecule has 0 aliphatic rings. The van der Waals surface area contributed by atoms with E-state index in [0.717, 1.165) is 12.7 Å². The average molecular weight is 227 g/mol. The number of aryl methyl sites for hydroxylation is 1. The highest BCUT2D eigenvalue weighted by molar-refractivity contribution is 6.47. The molecule has 3 nitrogen and oxygen atoms in total. The molecule has 0 saturated heterocycles. The first-order valence-electron chi connectivity index (χ1n) is 4.39. The summed E-state index contributed by atoms with van der Waals surface area (Å²) in [5.41, 5.74) is 1.66. The molecule has 1 aromatic carbocycles. The first-order valence-corrected chi connectivity index (χ1v) is 4.82. The van der Waals surface area contributed by atoms with E-state index in [9.17, 15) is 9.59 Å². The maximum Gasteiger partial charge on any atom is 0.376 e. The molecule has 1 rings (SSSR count). The topological polar surface area (TPSA) is 43.4 Å². The second-order valence-corrected chi connectivity index (χ2v) is 3.57. The second-order valence-electron chi connectivity index (χ2n) is 3.13. The summed E-state index contributed by atoms with van der Waals surface area (Å²) in [6.45, 7) is 1.93. The van der Waals surface area contributed by atoms with Crippen LogP contribution < -0.4 is 0 Å². The summed E-state index contributed by atoms with van der Waals surface area (Å²) in [4.78, 5) is 22.3. The van der Waals surface area contributed by atoms with Crippen LogP contribution in [0.15, 0.2) is 24.3 Å². The number of rotatable bonds is 3. The molecule has 0 fully saturated rings. The first kappa shape index (κ1) is 11.7. The second kappa shape index (κ2) is 4.94. The number of ether oxygens (including phenoxy) is 1. The SMILES string of the molecule is COC(=O)C(=O)C(Cl)c1ccc(C)cc1. The minimum atomic E-state index is -0.974. The number of carbonyl (C=O) groups is 2. The van der Waals surface area contributed by atoms with E-state index >= 15 is 0 Å². The number of alkyl halides is 1. The van der Waals surface area contributed by atoms with Gasteiger partial charge in [0.1, 0.15) is 5.38 Å². The van der Waals surface area contributed by atoms with Crippen LogP contribution in [0, 0.1) is 6.92 Å². The fourth-order valence-electron chi connectivity index (χ4n) is 1.09. The predicted octanol–water partition coefficient (Wildman–Crippen LogP) is 2.02. The number of carbonyl (C=O) groups excluding carboxylic acids is 2. The van der Waals surface area contributed by atoms with Crippen molar-refractivity contribution in [3.8, 4) is 0 Å². The van der Waals surface area contributed by atoms with Gasteiger partial charge in [-0.15, -0.1) is 11.6 Å². The third-order valence-corrected chi connectivity index (χ3v) is 2.44. The highest BCUT2D eigenvalue weighted by atomic mass is 35.5. The van der Waals surface area contributed by atoms with Gasteiger partial charge in [0.15, 0.2) is 0 Å². The van der Waals surface area contributed by atoms with Crippen LogP contribution in [-0.2, 0) is 14.3 Å². The Labute approximate surface area is 93.0 Å².